The molecule has 112 valence electrons. The molecule has 2 aromatic carbocycles. The first-order valence-electron chi connectivity index (χ1n) is 7.36. The molecule has 2 aromatic rings. The lowest BCUT2D eigenvalue weighted by Gasteiger charge is -2.22. The third kappa shape index (κ3) is 3.51. The molecule has 0 bridgehead atoms. The predicted octanol–water partition coefficient (Wildman–Crippen LogP) is 4.74. The van der Waals surface area contributed by atoms with Crippen molar-refractivity contribution in [2.45, 2.75) is 39.2 Å². The predicted molar refractivity (Wildman–Crippen MR) is 87.2 cm³/mol. The number of rotatable bonds is 3. The highest BCUT2D eigenvalue weighted by molar-refractivity contribution is 5.39. The van der Waals surface area contributed by atoms with Gasteiger partial charge in [-0.2, -0.15) is 0 Å². The SMILES string of the molecule is CNC(c1ccc(C(C)(C)C)cc1)c1ccc(F)cc1C. The van der Waals surface area contributed by atoms with Gasteiger partial charge in [-0.3, -0.25) is 0 Å². The molecule has 0 aliphatic rings. The molecular formula is C19H24FN. The van der Waals surface area contributed by atoms with Crippen LogP contribution in [0.25, 0.3) is 0 Å². The van der Waals surface area contributed by atoms with Crippen molar-refractivity contribution in [1.29, 1.82) is 0 Å². The van der Waals surface area contributed by atoms with Crippen LogP contribution in [0.3, 0.4) is 0 Å². The minimum atomic E-state index is -0.186. The van der Waals surface area contributed by atoms with Crippen LogP contribution in [-0.2, 0) is 5.41 Å². The summed E-state index contributed by atoms with van der Waals surface area (Å²) in [6.45, 7) is 8.58. The van der Waals surface area contributed by atoms with E-state index < -0.39 is 0 Å². The Morgan fingerprint density at radius 3 is 2.10 bits per heavy atom. The Hall–Kier alpha value is -1.67. The lowest BCUT2D eigenvalue weighted by Crippen LogP contribution is -2.19. The number of aryl methyl sites for hydroxylation is 1. The summed E-state index contributed by atoms with van der Waals surface area (Å²) in [4.78, 5) is 0. The van der Waals surface area contributed by atoms with Crippen LogP contribution >= 0.6 is 0 Å². The minimum absolute atomic E-state index is 0.0830. The molecule has 0 aromatic heterocycles. The number of hydrogen-bond donors (Lipinski definition) is 1. The zero-order valence-electron chi connectivity index (χ0n) is 13.5. The Kier molecular flexibility index (Phi) is 4.48. The Bertz CT molecular complexity index is 608. The Morgan fingerprint density at radius 2 is 1.62 bits per heavy atom. The van der Waals surface area contributed by atoms with E-state index in [0.717, 1.165) is 11.1 Å². The van der Waals surface area contributed by atoms with Crippen molar-refractivity contribution in [2.24, 2.45) is 0 Å². The second-order valence-corrected chi connectivity index (χ2v) is 6.59. The fraction of sp³-hybridized carbons (Fsp3) is 0.368. The van der Waals surface area contributed by atoms with Crippen molar-refractivity contribution in [3.8, 4) is 0 Å². The van der Waals surface area contributed by atoms with Gasteiger partial charge in [-0.05, 0) is 53.8 Å². The van der Waals surface area contributed by atoms with Crippen LogP contribution in [0.1, 0.15) is 49.1 Å². The first-order chi connectivity index (χ1) is 9.82. The molecule has 2 heteroatoms. The summed E-state index contributed by atoms with van der Waals surface area (Å²) in [5.74, 6) is -0.186. The van der Waals surface area contributed by atoms with E-state index in [-0.39, 0.29) is 17.3 Å². The fourth-order valence-electron chi connectivity index (χ4n) is 2.64. The van der Waals surface area contributed by atoms with E-state index >= 15 is 0 Å². The molecule has 0 heterocycles. The van der Waals surface area contributed by atoms with Crippen molar-refractivity contribution in [3.63, 3.8) is 0 Å². The monoisotopic (exact) mass is 285 g/mol. The summed E-state index contributed by atoms with van der Waals surface area (Å²) in [6, 6.07) is 13.7. The number of halogens is 1. The standard InChI is InChI=1S/C19H24FN/c1-13-12-16(20)10-11-17(13)18(21-5)14-6-8-15(9-7-14)19(2,3)4/h6-12,18,21H,1-5H3. The van der Waals surface area contributed by atoms with E-state index in [9.17, 15) is 4.39 Å². The quantitative estimate of drug-likeness (QED) is 0.859. The zero-order chi connectivity index (χ0) is 15.6. The first kappa shape index (κ1) is 15.7. The highest BCUT2D eigenvalue weighted by Gasteiger charge is 2.17. The highest BCUT2D eigenvalue weighted by atomic mass is 19.1. The van der Waals surface area contributed by atoms with Crippen molar-refractivity contribution in [2.75, 3.05) is 7.05 Å². The van der Waals surface area contributed by atoms with Gasteiger partial charge in [0.1, 0.15) is 5.82 Å². The average Bonchev–Trinajstić information content (AvgIpc) is 2.41. The van der Waals surface area contributed by atoms with Crippen molar-refractivity contribution in [3.05, 3.63) is 70.5 Å². The summed E-state index contributed by atoms with van der Waals surface area (Å²) in [5, 5.41) is 3.33. The van der Waals surface area contributed by atoms with Crippen LogP contribution in [0, 0.1) is 12.7 Å². The minimum Gasteiger partial charge on any atom is -0.309 e. The molecule has 0 saturated heterocycles. The molecular weight excluding hydrogens is 261 g/mol. The summed E-state index contributed by atoms with van der Waals surface area (Å²) in [6.07, 6.45) is 0. The van der Waals surface area contributed by atoms with Crippen molar-refractivity contribution < 1.29 is 4.39 Å². The Labute approximate surface area is 127 Å². The van der Waals surface area contributed by atoms with Crippen LogP contribution < -0.4 is 5.32 Å². The fourth-order valence-corrected chi connectivity index (χ4v) is 2.64. The summed E-state index contributed by atoms with van der Waals surface area (Å²) in [5.41, 5.74) is 4.74. The van der Waals surface area contributed by atoms with Crippen LogP contribution in [0.4, 0.5) is 4.39 Å². The molecule has 1 N–H and O–H groups in total. The number of benzene rings is 2. The van der Waals surface area contributed by atoms with Gasteiger partial charge in [0.25, 0.3) is 0 Å². The van der Waals surface area contributed by atoms with E-state index in [4.69, 9.17) is 0 Å². The van der Waals surface area contributed by atoms with Crippen molar-refractivity contribution >= 4 is 0 Å². The maximum absolute atomic E-state index is 13.3. The Balaban J connectivity index is 2.37. The van der Waals surface area contributed by atoms with Gasteiger partial charge < -0.3 is 5.32 Å². The highest BCUT2D eigenvalue weighted by Crippen LogP contribution is 2.28. The van der Waals surface area contributed by atoms with Gasteiger partial charge in [-0.25, -0.2) is 4.39 Å². The van der Waals surface area contributed by atoms with E-state index in [1.165, 1.54) is 17.2 Å². The largest absolute Gasteiger partial charge is 0.309 e. The zero-order valence-corrected chi connectivity index (χ0v) is 13.5. The molecule has 1 atom stereocenters. The van der Waals surface area contributed by atoms with Gasteiger partial charge in [0.15, 0.2) is 0 Å². The smallest absolute Gasteiger partial charge is 0.123 e. The normalized spacial score (nSPS) is 13.2. The van der Waals surface area contributed by atoms with Crippen molar-refractivity contribution in [1.82, 2.24) is 5.32 Å². The molecule has 0 spiro atoms. The third-order valence-corrected chi connectivity index (χ3v) is 3.94. The molecule has 21 heavy (non-hydrogen) atoms. The molecule has 2 rings (SSSR count). The molecule has 0 radical (unpaired) electrons. The van der Waals surface area contributed by atoms with Gasteiger partial charge in [0, 0.05) is 0 Å². The number of nitrogens with one attached hydrogen (secondary N) is 1. The van der Waals surface area contributed by atoms with Gasteiger partial charge in [0.05, 0.1) is 6.04 Å². The molecule has 0 aliphatic carbocycles. The maximum Gasteiger partial charge on any atom is 0.123 e. The van der Waals surface area contributed by atoms with E-state index in [1.54, 1.807) is 6.07 Å². The van der Waals surface area contributed by atoms with Gasteiger partial charge in [0.2, 0.25) is 0 Å². The topological polar surface area (TPSA) is 12.0 Å². The Morgan fingerprint density at radius 1 is 1.00 bits per heavy atom. The lowest BCUT2D eigenvalue weighted by atomic mass is 9.85. The molecule has 0 aliphatic heterocycles. The van der Waals surface area contributed by atoms with Gasteiger partial charge in [-0.1, -0.05) is 51.1 Å². The van der Waals surface area contributed by atoms with E-state index in [1.807, 2.05) is 20.0 Å². The molecule has 0 amide bonds. The molecule has 1 nitrogen and oxygen atoms in total. The van der Waals surface area contributed by atoms with E-state index in [0.29, 0.717) is 0 Å². The molecule has 0 saturated carbocycles. The van der Waals surface area contributed by atoms with Crippen LogP contribution in [0.15, 0.2) is 42.5 Å². The maximum atomic E-state index is 13.3. The molecule has 0 fully saturated rings. The third-order valence-electron chi connectivity index (χ3n) is 3.94. The van der Waals surface area contributed by atoms with Gasteiger partial charge in [-0.15, -0.1) is 0 Å². The van der Waals surface area contributed by atoms with Gasteiger partial charge >= 0.3 is 0 Å². The first-order valence-corrected chi connectivity index (χ1v) is 7.36. The summed E-state index contributed by atoms with van der Waals surface area (Å²) in [7, 11) is 1.94. The van der Waals surface area contributed by atoms with E-state index in [2.05, 4.69) is 50.4 Å². The second-order valence-electron chi connectivity index (χ2n) is 6.59. The summed E-state index contributed by atoms with van der Waals surface area (Å²) < 4.78 is 13.3. The second kappa shape index (κ2) is 5.98. The lowest BCUT2D eigenvalue weighted by molar-refractivity contribution is 0.589. The number of hydrogen-bond acceptors (Lipinski definition) is 1. The van der Waals surface area contributed by atoms with Crippen LogP contribution in [0.5, 0.6) is 0 Å². The summed E-state index contributed by atoms with van der Waals surface area (Å²) >= 11 is 0. The average molecular weight is 285 g/mol. The molecule has 1 unspecified atom stereocenters. The van der Waals surface area contributed by atoms with Crippen LogP contribution in [0.2, 0.25) is 0 Å². The van der Waals surface area contributed by atoms with Crippen LogP contribution in [-0.4, -0.2) is 7.05 Å².